The van der Waals surface area contributed by atoms with Crippen LogP contribution in [0.3, 0.4) is 0 Å². The van der Waals surface area contributed by atoms with Gasteiger partial charge in [-0.05, 0) is 52.0 Å². The molecule has 0 amide bonds. The topological polar surface area (TPSA) is 35.1 Å². The van der Waals surface area contributed by atoms with Gasteiger partial charge in [-0.1, -0.05) is 30.3 Å². The van der Waals surface area contributed by atoms with Crippen LogP contribution in [-0.4, -0.2) is 37.5 Å². The summed E-state index contributed by atoms with van der Waals surface area (Å²) in [6, 6.07) is 11.7. The van der Waals surface area contributed by atoms with E-state index in [1.807, 2.05) is 0 Å². The predicted octanol–water partition coefficient (Wildman–Crippen LogP) is 3.03. The summed E-state index contributed by atoms with van der Waals surface area (Å²) in [6.07, 6.45) is 6.35. The fraction of sp³-hybridized carbons (Fsp3) is 0.714. The molecule has 0 spiro atoms. The second-order valence-corrected chi connectivity index (χ2v) is 8.47. The molecule has 2 aliphatic rings. The predicted molar refractivity (Wildman–Crippen MR) is 97.2 cm³/mol. The van der Waals surface area contributed by atoms with Crippen LogP contribution in [0.5, 0.6) is 0 Å². The molecule has 1 aromatic rings. The number of ether oxygens (including phenoxy) is 2. The first-order valence-corrected chi connectivity index (χ1v) is 9.64. The van der Waals surface area contributed by atoms with Gasteiger partial charge >= 0.3 is 0 Å². The standard InChI is InChI=1S/C21H33NO2/c1-17(22-15-19-10-7-12-23-19)14-21(18-8-5-4-6-9-18)11-13-24-20(2,3)16-21/h4-6,8-9,17,19,22H,7,10-16H2,1-3H3/p+1/t17-,19+,21+/m1/s1. The zero-order valence-electron chi connectivity index (χ0n) is 15.6. The fourth-order valence-corrected chi connectivity index (χ4v) is 4.72. The average Bonchev–Trinajstić information content (AvgIpc) is 3.06. The Morgan fingerprint density at radius 3 is 2.67 bits per heavy atom. The van der Waals surface area contributed by atoms with Gasteiger partial charge in [0.25, 0.3) is 0 Å². The van der Waals surface area contributed by atoms with Gasteiger partial charge in [0.05, 0.1) is 11.6 Å². The summed E-state index contributed by atoms with van der Waals surface area (Å²) in [6.45, 7) is 9.77. The van der Waals surface area contributed by atoms with Crippen LogP contribution in [0.1, 0.15) is 58.4 Å². The third kappa shape index (κ3) is 4.38. The molecular formula is C21H34NO2+. The molecule has 2 saturated heterocycles. The molecule has 3 nitrogen and oxygen atoms in total. The third-order valence-electron chi connectivity index (χ3n) is 5.76. The first kappa shape index (κ1) is 17.9. The summed E-state index contributed by atoms with van der Waals surface area (Å²) in [5.41, 5.74) is 1.68. The van der Waals surface area contributed by atoms with Gasteiger partial charge in [0, 0.05) is 25.0 Å². The number of rotatable bonds is 6. The molecule has 2 heterocycles. The highest BCUT2D eigenvalue weighted by atomic mass is 16.5. The first-order chi connectivity index (χ1) is 11.5. The van der Waals surface area contributed by atoms with Crippen LogP contribution in [0.25, 0.3) is 0 Å². The molecule has 0 bridgehead atoms. The largest absolute Gasteiger partial charge is 0.376 e. The minimum absolute atomic E-state index is 0.0393. The van der Waals surface area contributed by atoms with Crippen molar-refractivity contribution in [2.75, 3.05) is 19.8 Å². The van der Waals surface area contributed by atoms with E-state index < -0.39 is 0 Å². The average molecular weight is 333 g/mol. The van der Waals surface area contributed by atoms with Crippen molar-refractivity contribution in [3.63, 3.8) is 0 Å². The smallest absolute Gasteiger partial charge is 0.106 e. The van der Waals surface area contributed by atoms with Crippen LogP contribution in [-0.2, 0) is 14.9 Å². The Hall–Kier alpha value is -0.900. The Morgan fingerprint density at radius 1 is 1.21 bits per heavy atom. The minimum atomic E-state index is -0.0393. The number of hydrogen-bond donors (Lipinski definition) is 1. The minimum Gasteiger partial charge on any atom is -0.376 e. The van der Waals surface area contributed by atoms with Crippen molar-refractivity contribution in [1.82, 2.24) is 0 Å². The van der Waals surface area contributed by atoms with E-state index in [9.17, 15) is 0 Å². The Balaban J connectivity index is 1.70. The molecule has 1 aromatic carbocycles. The molecule has 0 saturated carbocycles. The molecule has 0 aliphatic carbocycles. The summed E-state index contributed by atoms with van der Waals surface area (Å²) in [5, 5.41) is 2.50. The summed E-state index contributed by atoms with van der Waals surface area (Å²) in [4.78, 5) is 0. The zero-order valence-corrected chi connectivity index (χ0v) is 15.6. The van der Waals surface area contributed by atoms with Crippen molar-refractivity contribution >= 4 is 0 Å². The molecule has 0 radical (unpaired) electrons. The second kappa shape index (κ2) is 7.55. The maximum Gasteiger partial charge on any atom is 0.106 e. The highest BCUT2D eigenvalue weighted by Gasteiger charge is 2.43. The van der Waals surface area contributed by atoms with E-state index in [4.69, 9.17) is 9.47 Å². The molecule has 3 rings (SSSR count). The van der Waals surface area contributed by atoms with Crippen molar-refractivity contribution in [2.45, 2.75) is 76.0 Å². The summed E-state index contributed by atoms with van der Waals surface area (Å²) >= 11 is 0. The Morgan fingerprint density at radius 2 is 2.00 bits per heavy atom. The van der Waals surface area contributed by atoms with E-state index in [1.54, 1.807) is 0 Å². The molecule has 2 fully saturated rings. The zero-order chi connectivity index (χ0) is 17.0. The molecule has 134 valence electrons. The molecule has 2 aliphatic heterocycles. The van der Waals surface area contributed by atoms with Gasteiger partial charge in [0.15, 0.2) is 0 Å². The molecular weight excluding hydrogens is 298 g/mol. The van der Waals surface area contributed by atoms with E-state index in [1.165, 1.54) is 24.8 Å². The highest BCUT2D eigenvalue weighted by molar-refractivity contribution is 5.27. The first-order valence-electron chi connectivity index (χ1n) is 9.64. The third-order valence-corrected chi connectivity index (χ3v) is 5.76. The Bertz CT molecular complexity index is 510. The van der Waals surface area contributed by atoms with Crippen molar-refractivity contribution in [3.05, 3.63) is 35.9 Å². The van der Waals surface area contributed by atoms with Crippen molar-refractivity contribution in [1.29, 1.82) is 0 Å². The summed E-state index contributed by atoms with van der Waals surface area (Å²) < 4.78 is 11.8. The van der Waals surface area contributed by atoms with E-state index >= 15 is 0 Å². The maximum atomic E-state index is 6.03. The lowest BCUT2D eigenvalue weighted by molar-refractivity contribution is -0.693. The highest BCUT2D eigenvalue weighted by Crippen LogP contribution is 2.44. The lowest BCUT2D eigenvalue weighted by Crippen LogP contribution is -2.91. The number of nitrogens with two attached hydrogens (primary N) is 1. The van der Waals surface area contributed by atoms with Gasteiger partial charge in [-0.3, -0.25) is 0 Å². The Labute approximate surface area is 147 Å². The fourth-order valence-electron chi connectivity index (χ4n) is 4.72. The monoisotopic (exact) mass is 332 g/mol. The lowest BCUT2D eigenvalue weighted by Gasteiger charge is -2.46. The van der Waals surface area contributed by atoms with Crippen molar-refractivity contribution in [2.24, 2.45) is 0 Å². The van der Waals surface area contributed by atoms with Gasteiger partial charge in [-0.25, -0.2) is 0 Å². The summed E-state index contributed by atoms with van der Waals surface area (Å²) in [5.74, 6) is 0. The Kier molecular flexibility index (Phi) is 5.63. The van der Waals surface area contributed by atoms with Gasteiger partial charge in [0.2, 0.25) is 0 Å². The molecule has 3 atom stereocenters. The number of benzene rings is 1. The van der Waals surface area contributed by atoms with Crippen LogP contribution in [0.2, 0.25) is 0 Å². The number of hydrogen-bond acceptors (Lipinski definition) is 2. The molecule has 0 unspecified atom stereocenters. The maximum absolute atomic E-state index is 6.03. The van der Waals surface area contributed by atoms with Gasteiger partial charge in [-0.2, -0.15) is 0 Å². The number of quaternary nitrogens is 1. The van der Waals surface area contributed by atoms with E-state index in [-0.39, 0.29) is 11.0 Å². The van der Waals surface area contributed by atoms with Crippen molar-refractivity contribution < 1.29 is 14.8 Å². The van der Waals surface area contributed by atoms with Crippen LogP contribution in [0, 0.1) is 0 Å². The summed E-state index contributed by atoms with van der Waals surface area (Å²) in [7, 11) is 0. The van der Waals surface area contributed by atoms with E-state index in [0.29, 0.717) is 12.1 Å². The molecule has 2 N–H and O–H groups in total. The van der Waals surface area contributed by atoms with E-state index in [0.717, 1.165) is 32.6 Å². The van der Waals surface area contributed by atoms with Gasteiger partial charge < -0.3 is 14.8 Å². The second-order valence-electron chi connectivity index (χ2n) is 8.47. The lowest BCUT2D eigenvalue weighted by atomic mass is 9.66. The molecule has 3 heteroatoms. The van der Waals surface area contributed by atoms with Crippen LogP contribution in [0.4, 0.5) is 0 Å². The van der Waals surface area contributed by atoms with Gasteiger partial charge in [-0.15, -0.1) is 0 Å². The van der Waals surface area contributed by atoms with Crippen molar-refractivity contribution in [3.8, 4) is 0 Å². The van der Waals surface area contributed by atoms with Crippen LogP contribution >= 0.6 is 0 Å². The quantitative estimate of drug-likeness (QED) is 0.869. The molecule has 0 aromatic heterocycles. The normalized spacial score (nSPS) is 31.0. The SMILES string of the molecule is C[C@H](C[C@@]1(c2ccccc2)CCOC(C)(C)C1)[NH2+]C[C@@H]1CCCO1. The van der Waals surface area contributed by atoms with E-state index in [2.05, 4.69) is 56.4 Å². The van der Waals surface area contributed by atoms with Crippen LogP contribution in [0.15, 0.2) is 30.3 Å². The van der Waals surface area contributed by atoms with Gasteiger partial charge in [0.1, 0.15) is 12.6 Å². The molecule has 24 heavy (non-hydrogen) atoms. The van der Waals surface area contributed by atoms with Crippen LogP contribution < -0.4 is 5.32 Å².